The van der Waals surface area contributed by atoms with Gasteiger partial charge in [0.25, 0.3) is 0 Å². The van der Waals surface area contributed by atoms with Crippen LogP contribution < -0.4 is 0 Å². The van der Waals surface area contributed by atoms with Crippen LogP contribution >= 0.6 is 0 Å². The molecule has 1 fully saturated rings. The van der Waals surface area contributed by atoms with Crippen molar-refractivity contribution in [1.82, 2.24) is 23.7 Å². The number of hydrogen-bond donors (Lipinski definition) is 0. The van der Waals surface area contributed by atoms with Crippen molar-refractivity contribution >= 4 is 21.2 Å². The summed E-state index contributed by atoms with van der Waals surface area (Å²) in [5, 5.41) is 0. The summed E-state index contributed by atoms with van der Waals surface area (Å²) in [6.07, 6.45) is 2.44. The van der Waals surface area contributed by atoms with Crippen molar-refractivity contribution in [3.63, 3.8) is 0 Å². The van der Waals surface area contributed by atoms with Crippen molar-refractivity contribution in [1.29, 1.82) is 0 Å². The van der Waals surface area contributed by atoms with E-state index in [2.05, 4.69) is 45.6 Å². The van der Waals surface area contributed by atoms with Crippen LogP contribution in [0.1, 0.15) is 24.7 Å². The summed E-state index contributed by atoms with van der Waals surface area (Å²) in [5.74, 6) is 1.15. The number of fused-ring (bicyclic) bond motifs is 1. The lowest BCUT2D eigenvalue weighted by Gasteiger charge is -2.33. The Kier molecular flexibility index (Phi) is 5.67. The van der Waals surface area contributed by atoms with Gasteiger partial charge in [-0.15, -0.1) is 0 Å². The Morgan fingerprint density at radius 1 is 1.03 bits per heavy atom. The highest BCUT2D eigenvalue weighted by Crippen LogP contribution is 2.22. The molecule has 0 unspecified atom stereocenters. The number of sulfonamides is 1. The van der Waals surface area contributed by atoms with Crippen molar-refractivity contribution < 1.29 is 8.42 Å². The molecule has 0 spiro atoms. The van der Waals surface area contributed by atoms with Gasteiger partial charge in [0.1, 0.15) is 11.3 Å². The molecule has 1 saturated heterocycles. The summed E-state index contributed by atoms with van der Waals surface area (Å²) in [6.45, 7) is 7.10. The molecule has 1 aliphatic rings. The SMILES string of the molecule is CCCS(=O)(=O)N1CCN(Cc2nc3cccnc3n2-c2ccc(C)cc2)CC1. The molecule has 1 aliphatic heterocycles. The molecule has 29 heavy (non-hydrogen) atoms. The quantitative estimate of drug-likeness (QED) is 0.621. The fourth-order valence-electron chi connectivity index (χ4n) is 3.78. The lowest BCUT2D eigenvalue weighted by atomic mass is 10.2. The van der Waals surface area contributed by atoms with Crippen LogP contribution in [-0.4, -0.2) is 64.1 Å². The Morgan fingerprint density at radius 2 is 1.76 bits per heavy atom. The molecule has 3 heterocycles. The van der Waals surface area contributed by atoms with E-state index in [0.29, 0.717) is 39.1 Å². The van der Waals surface area contributed by atoms with Gasteiger partial charge in [0.05, 0.1) is 12.3 Å². The molecule has 0 saturated carbocycles. The van der Waals surface area contributed by atoms with E-state index in [1.165, 1.54) is 5.56 Å². The van der Waals surface area contributed by atoms with Crippen molar-refractivity contribution in [2.75, 3.05) is 31.9 Å². The molecule has 1 aromatic carbocycles. The molecular weight excluding hydrogens is 386 g/mol. The number of piperazine rings is 1. The van der Waals surface area contributed by atoms with Gasteiger partial charge in [-0.2, -0.15) is 4.31 Å². The number of aryl methyl sites for hydroxylation is 1. The average molecular weight is 414 g/mol. The standard InChI is InChI=1S/C21H27N5O2S/c1-3-15-29(27,28)25-13-11-24(12-14-25)16-20-23-19-5-4-10-22-21(19)26(20)18-8-6-17(2)7-9-18/h4-10H,3,11-16H2,1-2H3. The van der Waals surface area contributed by atoms with Gasteiger partial charge in [-0.3, -0.25) is 9.47 Å². The minimum Gasteiger partial charge on any atom is -0.293 e. The molecular formula is C21H27N5O2S. The molecule has 154 valence electrons. The molecule has 8 heteroatoms. The zero-order valence-electron chi connectivity index (χ0n) is 17.0. The number of benzene rings is 1. The van der Waals surface area contributed by atoms with Gasteiger partial charge in [0.2, 0.25) is 10.0 Å². The molecule has 0 atom stereocenters. The van der Waals surface area contributed by atoms with Gasteiger partial charge in [0, 0.05) is 38.1 Å². The third-order valence-electron chi connectivity index (χ3n) is 5.33. The number of imidazole rings is 1. The van der Waals surface area contributed by atoms with Crippen molar-refractivity contribution in [2.24, 2.45) is 0 Å². The Balaban J connectivity index is 1.58. The average Bonchev–Trinajstić information content (AvgIpc) is 3.07. The van der Waals surface area contributed by atoms with Gasteiger partial charge in [-0.05, 0) is 37.6 Å². The van der Waals surface area contributed by atoms with Crippen LogP contribution in [0.2, 0.25) is 0 Å². The number of pyridine rings is 1. The highest BCUT2D eigenvalue weighted by atomic mass is 32.2. The Morgan fingerprint density at radius 3 is 2.45 bits per heavy atom. The first kappa shape index (κ1) is 20.0. The monoisotopic (exact) mass is 413 g/mol. The molecule has 7 nitrogen and oxygen atoms in total. The molecule has 0 amide bonds. The number of aromatic nitrogens is 3. The number of hydrogen-bond acceptors (Lipinski definition) is 5. The van der Waals surface area contributed by atoms with Crippen molar-refractivity contribution in [3.8, 4) is 5.69 Å². The first-order valence-electron chi connectivity index (χ1n) is 10.1. The van der Waals surface area contributed by atoms with Crippen LogP contribution in [0.25, 0.3) is 16.9 Å². The fourth-order valence-corrected chi connectivity index (χ4v) is 5.28. The molecule has 3 aromatic rings. The Bertz CT molecular complexity index is 1080. The summed E-state index contributed by atoms with van der Waals surface area (Å²) in [5.41, 5.74) is 3.95. The number of rotatable bonds is 6. The number of nitrogens with zero attached hydrogens (tertiary/aromatic N) is 5. The lowest BCUT2D eigenvalue weighted by Crippen LogP contribution is -2.49. The van der Waals surface area contributed by atoms with E-state index in [1.807, 2.05) is 19.1 Å². The van der Waals surface area contributed by atoms with Crippen LogP contribution in [0.15, 0.2) is 42.6 Å². The van der Waals surface area contributed by atoms with Crippen LogP contribution in [0.5, 0.6) is 0 Å². The van der Waals surface area contributed by atoms with Gasteiger partial charge in [-0.25, -0.2) is 18.4 Å². The van der Waals surface area contributed by atoms with E-state index in [-0.39, 0.29) is 5.75 Å². The normalized spacial score (nSPS) is 16.5. The first-order chi connectivity index (χ1) is 14.0. The van der Waals surface area contributed by atoms with Gasteiger partial charge in [0.15, 0.2) is 5.65 Å². The van der Waals surface area contributed by atoms with Crippen molar-refractivity contribution in [3.05, 3.63) is 54.0 Å². The Hall–Kier alpha value is -2.29. The summed E-state index contributed by atoms with van der Waals surface area (Å²) in [6, 6.07) is 12.2. The maximum atomic E-state index is 12.3. The summed E-state index contributed by atoms with van der Waals surface area (Å²) < 4.78 is 28.4. The fraction of sp³-hybridized carbons (Fsp3) is 0.429. The van der Waals surface area contributed by atoms with E-state index in [1.54, 1.807) is 10.5 Å². The second kappa shape index (κ2) is 8.22. The second-order valence-electron chi connectivity index (χ2n) is 7.54. The van der Waals surface area contributed by atoms with Crippen LogP contribution in [0, 0.1) is 6.92 Å². The van der Waals surface area contributed by atoms with Crippen LogP contribution in [0.4, 0.5) is 0 Å². The second-order valence-corrected chi connectivity index (χ2v) is 9.62. The third-order valence-corrected chi connectivity index (χ3v) is 7.41. The molecule has 0 aliphatic carbocycles. The van der Waals surface area contributed by atoms with Crippen LogP contribution in [0.3, 0.4) is 0 Å². The van der Waals surface area contributed by atoms with E-state index < -0.39 is 10.0 Å². The Labute approximate surface area is 172 Å². The minimum atomic E-state index is -3.13. The summed E-state index contributed by atoms with van der Waals surface area (Å²) >= 11 is 0. The zero-order valence-corrected chi connectivity index (χ0v) is 17.8. The van der Waals surface area contributed by atoms with E-state index >= 15 is 0 Å². The topological polar surface area (TPSA) is 71.3 Å². The zero-order chi connectivity index (χ0) is 20.4. The van der Waals surface area contributed by atoms with Gasteiger partial charge < -0.3 is 0 Å². The molecule has 2 aromatic heterocycles. The first-order valence-corrected chi connectivity index (χ1v) is 11.7. The molecule has 0 N–H and O–H groups in total. The minimum absolute atomic E-state index is 0.224. The largest absolute Gasteiger partial charge is 0.293 e. The van der Waals surface area contributed by atoms with E-state index in [0.717, 1.165) is 22.7 Å². The molecule has 4 rings (SSSR count). The highest BCUT2D eigenvalue weighted by molar-refractivity contribution is 7.89. The molecule has 0 radical (unpaired) electrons. The maximum Gasteiger partial charge on any atom is 0.214 e. The third kappa shape index (κ3) is 4.19. The summed E-state index contributed by atoms with van der Waals surface area (Å²) in [4.78, 5) is 11.7. The van der Waals surface area contributed by atoms with E-state index in [9.17, 15) is 8.42 Å². The lowest BCUT2D eigenvalue weighted by molar-refractivity contribution is 0.177. The predicted octanol–water partition coefficient (Wildman–Crippen LogP) is 2.59. The summed E-state index contributed by atoms with van der Waals surface area (Å²) in [7, 11) is -3.13. The maximum absolute atomic E-state index is 12.3. The highest BCUT2D eigenvalue weighted by Gasteiger charge is 2.27. The van der Waals surface area contributed by atoms with E-state index in [4.69, 9.17) is 4.98 Å². The smallest absolute Gasteiger partial charge is 0.214 e. The molecule has 0 bridgehead atoms. The van der Waals surface area contributed by atoms with Crippen molar-refractivity contribution in [2.45, 2.75) is 26.8 Å². The predicted molar refractivity (Wildman–Crippen MR) is 115 cm³/mol. The van der Waals surface area contributed by atoms with Gasteiger partial charge >= 0.3 is 0 Å². The van der Waals surface area contributed by atoms with Gasteiger partial charge in [-0.1, -0.05) is 24.6 Å². The van der Waals surface area contributed by atoms with Crippen LogP contribution in [-0.2, 0) is 16.6 Å².